The zero-order valence-electron chi connectivity index (χ0n) is 9.46. The van der Waals surface area contributed by atoms with Gasteiger partial charge in [0.1, 0.15) is 6.10 Å². The molecule has 0 spiro atoms. The van der Waals surface area contributed by atoms with E-state index in [2.05, 4.69) is 0 Å². The van der Waals surface area contributed by atoms with Gasteiger partial charge in [-0.25, -0.2) is 0 Å². The van der Waals surface area contributed by atoms with E-state index in [9.17, 15) is 9.59 Å². The van der Waals surface area contributed by atoms with Gasteiger partial charge in [-0.2, -0.15) is 0 Å². The average molecular weight is 230 g/mol. The van der Waals surface area contributed by atoms with E-state index in [0.29, 0.717) is 19.4 Å². The van der Waals surface area contributed by atoms with E-state index >= 15 is 0 Å². The number of ether oxygens (including phenoxy) is 1. The lowest BCUT2D eigenvalue weighted by Gasteiger charge is -2.23. The van der Waals surface area contributed by atoms with E-state index in [1.165, 1.54) is 0 Å². The Morgan fingerprint density at radius 1 is 1.18 bits per heavy atom. The standard InChI is InChI=1S/C14H14O3/c15-13(9-4-2-1-3-5-9)10-6-11-8-17-12(7-10)14(11)16/h1-5,10-12H,6-8H2. The van der Waals surface area contributed by atoms with Crippen LogP contribution in [0.3, 0.4) is 0 Å². The van der Waals surface area contributed by atoms with Gasteiger partial charge in [0.15, 0.2) is 11.6 Å². The van der Waals surface area contributed by atoms with E-state index in [0.717, 1.165) is 5.56 Å². The summed E-state index contributed by atoms with van der Waals surface area (Å²) in [6, 6.07) is 9.30. The van der Waals surface area contributed by atoms with E-state index in [-0.39, 0.29) is 29.5 Å². The van der Waals surface area contributed by atoms with E-state index in [4.69, 9.17) is 4.74 Å². The largest absolute Gasteiger partial charge is 0.370 e. The molecule has 1 aromatic carbocycles. The summed E-state index contributed by atoms with van der Waals surface area (Å²) < 4.78 is 5.40. The monoisotopic (exact) mass is 230 g/mol. The van der Waals surface area contributed by atoms with Crippen LogP contribution in [-0.2, 0) is 9.53 Å². The van der Waals surface area contributed by atoms with E-state index in [1.54, 1.807) is 0 Å². The number of rotatable bonds is 2. The lowest BCUT2D eigenvalue weighted by atomic mass is 9.78. The van der Waals surface area contributed by atoms with Crippen LogP contribution in [-0.4, -0.2) is 24.3 Å². The lowest BCUT2D eigenvalue weighted by molar-refractivity contribution is -0.127. The van der Waals surface area contributed by atoms with Crippen LogP contribution < -0.4 is 0 Å². The molecule has 3 rings (SSSR count). The molecule has 0 amide bonds. The number of carbonyl (C=O) groups is 2. The number of Topliss-reactive ketones (excluding diaryl/α,β-unsaturated/α-hetero) is 2. The van der Waals surface area contributed by atoms with Crippen LogP contribution in [0.25, 0.3) is 0 Å². The predicted molar refractivity (Wildman–Crippen MR) is 61.7 cm³/mol. The molecule has 3 atom stereocenters. The highest BCUT2D eigenvalue weighted by Gasteiger charge is 2.44. The smallest absolute Gasteiger partial charge is 0.166 e. The fraction of sp³-hybridized carbons (Fsp3) is 0.429. The van der Waals surface area contributed by atoms with Crippen LogP contribution in [0.1, 0.15) is 23.2 Å². The molecule has 2 fully saturated rings. The number of hydrogen-bond acceptors (Lipinski definition) is 3. The Morgan fingerprint density at radius 3 is 2.65 bits per heavy atom. The Hall–Kier alpha value is -1.48. The molecule has 0 N–H and O–H groups in total. The highest BCUT2D eigenvalue weighted by Crippen LogP contribution is 2.35. The summed E-state index contributed by atoms with van der Waals surface area (Å²) in [7, 11) is 0. The molecular weight excluding hydrogens is 216 g/mol. The SMILES string of the molecule is O=C(c1ccccc1)C1CC2COC(C1)C2=O. The fourth-order valence-corrected chi connectivity index (χ4v) is 2.78. The van der Waals surface area contributed by atoms with Crippen molar-refractivity contribution < 1.29 is 14.3 Å². The van der Waals surface area contributed by atoms with Crippen LogP contribution in [0.2, 0.25) is 0 Å². The van der Waals surface area contributed by atoms with Crippen LogP contribution in [0.5, 0.6) is 0 Å². The normalized spacial score (nSPS) is 31.5. The second-order valence-electron chi connectivity index (χ2n) is 4.82. The molecule has 2 aliphatic rings. The quantitative estimate of drug-likeness (QED) is 0.728. The molecule has 2 bridgehead atoms. The predicted octanol–water partition coefficient (Wildman–Crippen LogP) is 1.86. The fourth-order valence-electron chi connectivity index (χ4n) is 2.78. The minimum absolute atomic E-state index is 0.0485. The first-order valence-electron chi connectivity index (χ1n) is 6.00. The minimum atomic E-state index is -0.327. The molecule has 3 unspecified atom stereocenters. The maximum Gasteiger partial charge on any atom is 0.166 e. The van der Waals surface area contributed by atoms with Crippen molar-refractivity contribution >= 4 is 11.6 Å². The van der Waals surface area contributed by atoms with Gasteiger partial charge < -0.3 is 4.74 Å². The Labute approximate surface area is 99.8 Å². The second-order valence-corrected chi connectivity index (χ2v) is 4.82. The van der Waals surface area contributed by atoms with E-state index < -0.39 is 0 Å². The first-order chi connectivity index (χ1) is 8.25. The molecule has 1 aliphatic heterocycles. The Bertz CT molecular complexity index is 436. The topological polar surface area (TPSA) is 43.4 Å². The second kappa shape index (κ2) is 4.08. The van der Waals surface area contributed by atoms with Crippen LogP contribution >= 0.6 is 0 Å². The summed E-state index contributed by atoms with van der Waals surface area (Å²) in [5.41, 5.74) is 0.742. The van der Waals surface area contributed by atoms with Crippen molar-refractivity contribution in [2.45, 2.75) is 18.9 Å². The van der Waals surface area contributed by atoms with E-state index in [1.807, 2.05) is 30.3 Å². The van der Waals surface area contributed by atoms with Gasteiger partial charge in [-0.05, 0) is 12.8 Å². The Kier molecular flexibility index (Phi) is 2.56. The summed E-state index contributed by atoms with van der Waals surface area (Å²) in [6.45, 7) is 0.502. The molecule has 1 aromatic rings. The van der Waals surface area contributed by atoms with Gasteiger partial charge >= 0.3 is 0 Å². The van der Waals surface area contributed by atoms with Crippen molar-refractivity contribution in [1.29, 1.82) is 0 Å². The summed E-state index contributed by atoms with van der Waals surface area (Å²) in [5.74, 6) is 0.250. The molecule has 1 saturated carbocycles. The molecule has 3 nitrogen and oxygen atoms in total. The van der Waals surface area contributed by atoms with Crippen LogP contribution in [0.15, 0.2) is 30.3 Å². The molecule has 1 heterocycles. The molecule has 3 heteroatoms. The van der Waals surface area contributed by atoms with Crippen molar-refractivity contribution in [1.82, 2.24) is 0 Å². The first kappa shape index (κ1) is 10.7. The molecule has 88 valence electrons. The zero-order chi connectivity index (χ0) is 11.8. The summed E-state index contributed by atoms with van der Waals surface area (Å²) in [4.78, 5) is 23.9. The molecule has 0 radical (unpaired) electrons. The van der Waals surface area contributed by atoms with Gasteiger partial charge in [-0.15, -0.1) is 0 Å². The highest BCUT2D eigenvalue weighted by atomic mass is 16.5. The van der Waals surface area contributed by atoms with Gasteiger partial charge in [0, 0.05) is 17.4 Å². The van der Waals surface area contributed by atoms with Gasteiger partial charge in [0.05, 0.1) is 6.61 Å². The molecule has 1 aliphatic carbocycles. The Balaban J connectivity index is 1.79. The first-order valence-corrected chi connectivity index (χ1v) is 6.00. The number of fused-ring (bicyclic) bond motifs is 2. The average Bonchev–Trinajstić information content (AvgIpc) is 2.61. The van der Waals surface area contributed by atoms with Gasteiger partial charge in [-0.3, -0.25) is 9.59 Å². The number of hydrogen-bond donors (Lipinski definition) is 0. The van der Waals surface area contributed by atoms with Crippen molar-refractivity contribution in [3.05, 3.63) is 35.9 Å². The zero-order valence-corrected chi connectivity index (χ0v) is 9.46. The maximum absolute atomic E-state index is 12.3. The van der Waals surface area contributed by atoms with Gasteiger partial charge in [0.2, 0.25) is 0 Å². The van der Waals surface area contributed by atoms with Crippen molar-refractivity contribution in [2.24, 2.45) is 11.8 Å². The third kappa shape index (κ3) is 1.80. The summed E-state index contributed by atoms with van der Waals surface area (Å²) in [6.07, 6.45) is 0.887. The van der Waals surface area contributed by atoms with Gasteiger partial charge in [-0.1, -0.05) is 30.3 Å². The molecule has 17 heavy (non-hydrogen) atoms. The van der Waals surface area contributed by atoms with Crippen molar-refractivity contribution in [3.63, 3.8) is 0 Å². The highest BCUT2D eigenvalue weighted by molar-refractivity contribution is 6.00. The molecular formula is C14H14O3. The molecule has 0 aromatic heterocycles. The van der Waals surface area contributed by atoms with Crippen molar-refractivity contribution in [2.75, 3.05) is 6.61 Å². The number of carbonyl (C=O) groups excluding carboxylic acids is 2. The van der Waals surface area contributed by atoms with Crippen molar-refractivity contribution in [3.8, 4) is 0 Å². The summed E-state index contributed by atoms with van der Waals surface area (Å²) >= 11 is 0. The maximum atomic E-state index is 12.3. The third-order valence-electron chi connectivity index (χ3n) is 3.72. The van der Waals surface area contributed by atoms with Gasteiger partial charge in [0.25, 0.3) is 0 Å². The van der Waals surface area contributed by atoms with Crippen LogP contribution in [0.4, 0.5) is 0 Å². The lowest BCUT2D eigenvalue weighted by Crippen LogP contribution is -2.34. The third-order valence-corrected chi connectivity index (χ3v) is 3.72. The molecule has 1 saturated heterocycles. The van der Waals surface area contributed by atoms with Crippen LogP contribution in [0, 0.1) is 11.8 Å². The number of benzene rings is 1. The Morgan fingerprint density at radius 2 is 1.94 bits per heavy atom. The minimum Gasteiger partial charge on any atom is -0.370 e. The summed E-state index contributed by atoms with van der Waals surface area (Å²) in [5, 5.41) is 0. The number of ketones is 2.